The van der Waals surface area contributed by atoms with Crippen molar-refractivity contribution in [3.05, 3.63) is 62.1 Å². The second-order valence-electron chi connectivity index (χ2n) is 6.53. The van der Waals surface area contributed by atoms with Crippen LogP contribution in [0.1, 0.15) is 17.5 Å². The largest absolute Gasteiger partial charge is 0.325 e. The molecule has 27 heavy (non-hydrogen) atoms. The monoisotopic (exact) mass is 431 g/mol. The SMILES string of the molecule is Cc1cc(N2C[C@@H](C(=O)Nc3cccc([N+](=O)[O-])c3C)CC2=O)ccc1Br. The summed E-state index contributed by atoms with van der Waals surface area (Å²) in [6, 6.07) is 10.1. The van der Waals surface area contributed by atoms with Gasteiger partial charge in [-0.2, -0.15) is 0 Å². The number of halogens is 1. The van der Waals surface area contributed by atoms with Gasteiger partial charge in [0.15, 0.2) is 0 Å². The lowest BCUT2D eigenvalue weighted by atomic mass is 10.1. The predicted octanol–water partition coefficient (Wildman–Crippen LogP) is 3.97. The van der Waals surface area contributed by atoms with E-state index in [2.05, 4.69) is 21.2 Å². The normalized spacial score (nSPS) is 16.5. The molecular formula is C19H18BrN3O4. The Hall–Kier alpha value is -2.74. The van der Waals surface area contributed by atoms with Crippen LogP contribution < -0.4 is 10.2 Å². The third-order valence-electron chi connectivity index (χ3n) is 4.71. The van der Waals surface area contributed by atoms with Crippen LogP contribution in [-0.4, -0.2) is 23.3 Å². The molecule has 7 nitrogen and oxygen atoms in total. The molecule has 1 heterocycles. The van der Waals surface area contributed by atoms with Crippen LogP contribution >= 0.6 is 15.9 Å². The van der Waals surface area contributed by atoms with Gasteiger partial charge in [-0.25, -0.2) is 0 Å². The van der Waals surface area contributed by atoms with Gasteiger partial charge < -0.3 is 10.2 Å². The summed E-state index contributed by atoms with van der Waals surface area (Å²) >= 11 is 3.43. The maximum absolute atomic E-state index is 12.6. The molecule has 2 aromatic carbocycles. The van der Waals surface area contributed by atoms with Gasteiger partial charge in [-0.1, -0.05) is 22.0 Å². The zero-order valence-electron chi connectivity index (χ0n) is 14.9. The van der Waals surface area contributed by atoms with E-state index in [4.69, 9.17) is 0 Å². The molecule has 2 aromatic rings. The van der Waals surface area contributed by atoms with Crippen LogP contribution in [0, 0.1) is 29.9 Å². The van der Waals surface area contributed by atoms with Crippen molar-refractivity contribution in [1.29, 1.82) is 0 Å². The van der Waals surface area contributed by atoms with E-state index >= 15 is 0 Å². The summed E-state index contributed by atoms with van der Waals surface area (Å²) in [5, 5.41) is 13.8. The number of carbonyl (C=O) groups excluding carboxylic acids is 2. The number of rotatable bonds is 4. The first-order chi connectivity index (χ1) is 12.8. The fraction of sp³-hybridized carbons (Fsp3) is 0.263. The van der Waals surface area contributed by atoms with Crippen LogP contribution in [0.25, 0.3) is 0 Å². The van der Waals surface area contributed by atoms with Gasteiger partial charge in [-0.3, -0.25) is 19.7 Å². The van der Waals surface area contributed by atoms with Crippen molar-refractivity contribution in [2.45, 2.75) is 20.3 Å². The molecule has 1 fully saturated rings. The van der Waals surface area contributed by atoms with Gasteiger partial charge in [0.05, 0.1) is 22.1 Å². The Labute approximate surface area is 164 Å². The lowest BCUT2D eigenvalue weighted by Gasteiger charge is -2.18. The van der Waals surface area contributed by atoms with Crippen molar-refractivity contribution in [3.63, 3.8) is 0 Å². The molecule has 0 bridgehead atoms. The number of nitrogens with one attached hydrogen (secondary N) is 1. The quantitative estimate of drug-likeness (QED) is 0.585. The number of aryl methyl sites for hydroxylation is 1. The van der Waals surface area contributed by atoms with Crippen LogP contribution in [0.3, 0.4) is 0 Å². The molecule has 8 heteroatoms. The molecule has 140 valence electrons. The maximum atomic E-state index is 12.6. The molecule has 1 N–H and O–H groups in total. The van der Waals surface area contributed by atoms with Crippen LogP contribution in [0.2, 0.25) is 0 Å². The highest BCUT2D eigenvalue weighted by molar-refractivity contribution is 9.10. The Bertz CT molecular complexity index is 945. The number of benzene rings is 2. The fourth-order valence-corrected chi connectivity index (χ4v) is 3.37. The highest BCUT2D eigenvalue weighted by Gasteiger charge is 2.35. The maximum Gasteiger partial charge on any atom is 0.274 e. The highest BCUT2D eigenvalue weighted by atomic mass is 79.9. The van der Waals surface area contributed by atoms with Crippen LogP contribution in [0.4, 0.5) is 17.1 Å². The molecule has 0 aromatic heterocycles. The van der Waals surface area contributed by atoms with Crippen LogP contribution in [0.15, 0.2) is 40.9 Å². The summed E-state index contributed by atoms with van der Waals surface area (Å²) in [4.78, 5) is 37.2. The third-order valence-corrected chi connectivity index (χ3v) is 5.60. The van der Waals surface area contributed by atoms with E-state index in [9.17, 15) is 19.7 Å². The van der Waals surface area contributed by atoms with E-state index in [1.165, 1.54) is 12.1 Å². The summed E-state index contributed by atoms with van der Waals surface area (Å²) in [6.45, 7) is 3.80. The van der Waals surface area contributed by atoms with Crippen molar-refractivity contribution in [2.75, 3.05) is 16.8 Å². The van der Waals surface area contributed by atoms with E-state index < -0.39 is 10.8 Å². The number of hydrogen-bond acceptors (Lipinski definition) is 4. The van der Waals surface area contributed by atoms with Gasteiger partial charge >= 0.3 is 0 Å². The Kier molecular flexibility index (Phi) is 5.27. The summed E-state index contributed by atoms with van der Waals surface area (Å²) in [6.07, 6.45) is 0.106. The average molecular weight is 432 g/mol. The highest BCUT2D eigenvalue weighted by Crippen LogP contribution is 2.30. The smallest absolute Gasteiger partial charge is 0.274 e. The first-order valence-electron chi connectivity index (χ1n) is 8.39. The minimum Gasteiger partial charge on any atom is -0.325 e. The molecule has 1 saturated heterocycles. The molecular weight excluding hydrogens is 414 g/mol. The Balaban J connectivity index is 1.75. The standard InChI is InChI=1S/C19H18BrN3O4/c1-11-8-14(6-7-15(11)20)22-10-13(9-18(22)24)19(25)21-16-4-3-5-17(12(16)2)23(26)27/h3-8,13H,9-10H2,1-2H3,(H,21,25)/t13-/m0/s1. The fourth-order valence-electron chi connectivity index (χ4n) is 3.12. The summed E-state index contributed by atoms with van der Waals surface area (Å²) < 4.78 is 0.952. The first kappa shape index (κ1) is 19.0. The number of nitro groups is 1. The second kappa shape index (κ2) is 7.48. The summed E-state index contributed by atoms with van der Waals surface area (Å²) in [5.41, 5.74) is 2.48. The summed E-state index contributed by atoms with van der Waals surface area (Å²) in [5.74, 6) is -0.948. The lowest BCUT2D eigenvalue weighted by Crippen LogP contribution is -2.28. The number of amides is 2. The molecule has 3 rings (SSSR count). The van der Waals surface area contributed by atoms with Crippen LogP contribution in [0.5, 0.6) is 0 Å². The lowest BCUT2D eigenvalue weighted by molar-refractivity contribution is -0.385. The number of anilines is 2. The van der Waals surface area contributed by atoms with Gasteiger partial charge in [-0.05, 0) is 43.7 Å². The van der Waals surface area contributed by atoms with E-state index in [0.29, 0.717) is 11.3 Å². The van der Waals surface area contributed by atoms with Crippen molar-refractivity contribution in [2.24, 2.45) is 5.92 Å². The van der Waals surface area contributed by atoms with Gasteiger partial charge in [0.25, 0.3) is 5.69 Å². The predicted molar refractivity (Wildman–Crippen MR) is 106 cm³/mol. The van der Waals surface area contributed by atoms with E-state index in [1.54, 1.807) is 17.9 Å². The molecule has 0 aliphatic carbocycles. The second-order valence-corrected chi connectivity index (χ2v) is 7.39. The van der Waals surface area contributed by atoms with Crippen molar-refractivity contribution in [3.8, 4) is 0 Å². The van der Waals surface area contributed by atoms with Crippen molar-refractivity contribution < 1.29 is 14.5 Å². The number of nitrogens with zero attached hydrogens (tertiary/aromatic N) is 2. The number of nitro benzene ring substituents is 1. The molecule has 0 spiro atoms. The Morgan fingerprint density at radius 1 is 1.30 bits per heavy atom. The van der Waals surface area contributed by atoms with Crippen molar-refractivity contribution >= 4 is 44.8 Å². The van der Waals surface area contributed by atoms with Crippen molar-refractivity contribution in [1.82, 2.24) is 0 Å². The van der Waals surface area contributed by atoms with Gasteiger partial charge in [0.1, 0.15) is 0 Å². The molecule has 0 unspecified atom stereocenters. The minimum atomic E-state index is -0.514. The average Bonchev–Trinajstić information content (AvgIpc) is 3.01. The Morgan fingerprint density at radius 2 is 2.04 bits per heavy atom. The molecule has 2 amide bonds. The topological polar surface area (TPSA) is 92.6 Å². The van der Waals surface area contributed by atoms with E-state index in [-0.39, 0.29) is 30.5 Å². The zero-order chi connectivity index (χ0) is 19.7. The zero-order valence-corrected chi connectivity index (χ0v) is 16.4. The molecule has 1 aliphatic heterocycles. The first-order valence-corrected chi connectivity index (χ1v) is 9.18. The molecule has 0 radical (unpaired) electrons. The number of carbonyl (C=O) groups is 2. The van der Waals surface area contributed by atoms with Gasteiger partial charge in [0.2, 0.25) is 11.8 Å². The van der Waals surface area contributed by atoms with E-state index in [1.807, 2.05) is 25.1 Å². The minimum absolute atomic E-state index is 0.0535. The van der Waals surface area contributed by atoms with Gasteiger partial charge in [-0.15, -0.1) is 0 Å². The van der Waals surface area contributed by atoms with Gasteiger partial charge in [0, 0.05) is 29.2 Å². The molecule has 0 saturated carbocycles. The molecule has 1 aliphatic rings. The third kappa shape index (κ3) is 3.85. The molecule has 1 atom stereocenters. The Morgan fingerprint density at radius 3 is 2.70 bits per heavy atom. The van der Waals surface area contributed by atoms with Crippen LogP contribution in [-0.2, 0) is 9.59 Å². The number of hydrogen-bond donors (Lipinski definition) is 1. The van der Waals surface area contributed by atoms with E-state index in [0.717, 1.165) is 15.7 Å². The summed E-state index contributed by atoms with van der Waals surface area (Å²) in [7, 11) is 0.